The Bertz CT molecular complexity index is 763. The van der Waals surface area contributed by atoms with Crippen LogP contribution in [0.15, 0.2) is 36.7 Å². The van der Waals surface area contributed by atoms with Gasteiger partial charge in [-0.25, -0.2) is 4.79 Å². The van der Waals surface area contributed by atoms with Crippen molar-refractivity contribution in [2.45, 2.75) is 12.7 Å². The zero-order chi connectivity index (χ0) is 17.5. The van der Waals surface area contributed by atoms with E-state index in [0.29, 0.717) is 5.75 Å². The largest absolute Gasteiger partial charge is 0.489 e. The third-order valence-electron chi connectivity index (χ3n) is 2.98. The molecule has 1 unspecified atom stereocenters. The van der Waals surface area contributed by atoms with Crippen LogP contribution < -0.4 is 9.47 Å². The fourth-order valence-electron chi connectivity index (χ4n) is 1.79. The van der Waals surface area contributed by atoms with Gasteiger partial charge in [0.25, 0.3) is 0 Å². The van der Waals surface area contributed by atoms with Gasteiger partial charge in [0.15, 0.2) is 0 Å². The van der Waals surface area contributed by atoms with E-state index in [9.17, 15) is 10.1 Å². The molecule has 1 aromatic carbocycles. The van der Waals surface area contributed by atoms with Crippen molar-refractivity contribution in [1.82, 2.24) is 4.98 Å². The van der Waals surface area contributed by atoms with E-state index in [1.165, 1.54) is 12.1 Å². The van der Waals surface area contributed by atoms with Gasteiger partial charge in [-0.2, -0.15) is 5.26 Å². The molecule has 0 saturated heterocycles. The van der Waals surface area contributed by atoms with Crippen LogP contribution in [0.1, 0.15) is 11.1 Å². The number of benzene rings is 1. The van der Waals surface area contributed by atoms with Crippen LogP contribution in [-0.4, -0.2) is 28.0 Å². The Labute approximate surface area is 148 Å². The number of nitrogens with zero attached hydrogens (tertiary/aromatic N) is 2. The van der Waals surface area contributed by atoms with E-state index in [4.69, 9.17) is 37.8 Å². The smallest absolute Gasteiger partial charge is 0.346 e. The maximum absolute atomic E-state index is 11.1. The van der Waals surface area contributed by atoms with Gasteiger partial charge in [0, 0.05) is 24.5 Å². The third kappa shape index (κ3) is 4.51. The SMILES string of the molecule is N#Cc1c(Cl)cc(OCc2ccncc2)cc1OC(CCl)C(=O)O. The van der Waals surface area contributed by atoms with Crippen LogP contribution in [0.2, 0.25) is 5.02 Å². The molecule has 1 atom stereocenters. The van der Waals surface area contributed by atoms with Crippen LogP contribution in [-0.2, 0) is 11.4 Å². The van der Waals surface area contributed by atoms with Crippen LogP contribution in [0, 0.1) is 11.3 Å². The van der Waals surface area contributed by atoms with E-state index in [1.807, 2.05) is 6.07 Å². The normalized spacial score (nSPS) is 11.4. The van der Waals surface area contributed by atoms with Crippen molar-refractivity contribution < 1.29 is 19.4 Å². The number of hydrogen-bond donors (Lipinski definition) is 1. The van der Waals surface area contributed by atoms with Gasteiger partial charge in [-0.05, 0) is 17.7 Å². The number of carbonyl (C=O) groups is 1. The molecule has 0 saturated carbocycles. The second-order valence-corrected chi connectivity index (χ2v) is 5.35. The predicted octanol–water partition coefficient (Wildman–Crippen LogP) is 3.26. The highest BCUT2D eigenvalue weighted by Gasteiger charge is 2.21. The van der Waals surface area contributed by atoms with Gasteiger partial charge in [-0.15, -0.1) is 11.6 Å². The van der Waals surface area contributed by atoms with Crippen molar-refractivity contribution in [1.29, 1.82) is 5.26 Å². The number of rotatable bonds is 7. The molecule has 0 aliphatic heterocycles. The highest BCUT2D eigenvalue weighted by Crippen LogP contribution is 2.33. The zero-order valence-electron chi connectivity index (χ0n) is 12.3. The number of hydrogen-bond acceptors (Lipinski definition) is 5. The van der Waals surface area contributed by atoms with Crippen LogP contribution in [0.25, 0.3) is 0 Å². The summed E-state index contributed by atoms with van der Waals surface area (Å²) >= 11 is 11.6. The van der Waals surface area contributed by atoms with Crippen LogP contribution in [0.4, 0.5) is 0 Å². The first-order valence-electron chi connectivity index (χ1n) is 6.76. The Morgan fingerprint density at radius 2 is 2.08 bits per heavy atom. The second-order valence-electron chi connectivity index (χ2n) is 4.63. The van der Waals surface area contributed by atoms with Crippen molar-refractivity contribution in [3.8, 4) is 17.6 Å². The van der Waals surface area contributed by atoms with E-state index >= 15 is 0 Å². The van der Waals surface area contributed by atoms with E-state index < -0.39 is 12.1 Å². The average molecular weight is 367 g/mol. The van der Waals surface area contributed by atoms with Crippen LogP contribution in [0.5, 0.6) is 11.5 Å². The van der Waals surface area contributed by atoms with Crippen LogP contribution >= 0.6 is 23.2 Å². The average Bonchev–Trinajstić information content (AvgIpc) is 2.58. The van der Waals surface area contributed by atoms with Gasteiger partial charge >= 0.3 is 5.97 Å². The number of alkyl halides is 1. The van der Waals surface area contributed by atoms with E-state index in [1.54, 1.807) is 24.5 Å². The minimum Gasteiger partial charge on any atom is -0.489 e. The van der Waals surface area contributed by atoms with Crippen molar-refractivity contribution in [2.24, 2.45) is 0 Å². The number of aromatic nitrogens is 1. The molecule has 24 heavy (non-hydrogen) atoms. The molecule has 2 rings (SSSR count). The first-order valence-corrected chi connectivity index (χ1v) is 7.67. The third-order valence-corrected chi connectivity index (χ3v) is 3.56. The summed E-state index contributed by atoms with van der Waals surface area (Å²) in [6.07, 6.45) is 1.97. The number of carboxylic acid groups (broad SMARTS) is 1. The molecular weight excluding hydrogens is 355 g/mol. The molecule has 124 valence electrons. The van der Waals surface area contributed by atoms with Gasteiger partial charge in [-0.1, -0.05) is 11.6 Å². The number of ether oxygens (including phenoxy) is 2. The van der Waals surface area contributed by atoms with Crippen molar-refractivity contribution in [3.63, 3.8) is 0 Å². The minimum absolute atomic E-state index is 0.00257. The second kappa shape index (κ2) is 8.39. The highest BCUT2D eigenvalue weighted by molar-refractivity contribution is 6.32. The Hall–Kier alpha value is -2.49. The van der Waals surface area contributed by atoms with Gasteiger partial charge < -0.3 is 14.6 Å². The quantitative estimate of drug-likeness (QED) is 0.756. The molecule has 0 aliphatic rings. The summed E-state index contributed by atoms with van der Waals surface area (Å²) in [5.41, 5.74) is 0.904. The highest BCUT2D eigenvalue weighted by atomic mass is 35.5. The summed E-state index contributed by atoms with van der Waals surface area (Å²) in [5, 5.41) is 18.3. The van der Waals surface area contributed by atoms with Crippen LogP contribution in [0.3, 0.4) is 0 Å². The Kier molecular flexibility index (Phi) is 6.24. The molecule has 1 N–H and O–H groups in total. The lowest BCUT2D eigenvalue weighted by Crippen LogP contribution is -2.29. The first kappa shape index (κ1) is 17.9. The topological polar surface area (TPSA) is 92.4 Å². The van der Waals surface area contributed by atoms with Crippen molar-refractivity contribution in [3.05, 3.63) is 52.8 Å². The Balaban J connectivity index is 2.24. The summed E-state index contributed by atoms with van der Waals surface area (Å²) in [7, 11) is 0. The monoisotopic (exact) mass is 366 g/mol. The molecule has 0 aliphatic carbocycles. The Morgan fingerprint density at radius 1 is 1.38 bits per heavy atom. The van der Waals surface area contributed by atoms with E-state index in [0.717, 1.165) is 5.56 Å². The minimum atomic E-state index is -1.30. The lowest BCUT2D eigenvalue weighted by molar-refractivity contribution is -0.144. The molecule has 2 aromatic rings. The molecule has 6 nitrogen and oxygen atoms in total. The van der Waals surface area contributed by atoms with Gasteiger partial charge in [0.1, 0.15) is 29.7 Å². The van der Waals surface area contributed by atoms with Crippen molar-refractivity contribution in [2.75, 3.05) is 5.88 Å². The molecule has 0 bridgehead atoms. The van der Waals surface area contributed by atoms with Gasteiger partial charge in [0.05, 0.1) is 10.9 Å². The number of carboxylic acids is 1. The fraction of sp³-hybridized carbons (Fsp3) is 0.188. The number of nitriles is 1. The lowest BCUT2D eigenvalue weighted by Gasteiger charge is -2.16. The lowest BCUT2D eigenvalue weighted by atomic mass is 10.2. The molecule has 1 heterocycles. The zero-order valence-corrected chi connectivity index (χ0v) is 13.8. The summed E-state index contributed by atoms with van der Waals surface area (Å²) < 4.78 is 10.9. The maximum Gasteiger partial charge on any atom is 0.346 e. The van der Waals surface area contributed by atoms with Crippen molar-refractivity contribution >= 4 is 29.2 Å². The maximum atomic E-state index is 11.1. The Morgan fingerprint density at radius 3 is 2.67 bits per heavy atom. The number of aliphatic carboxylic acids is 1. The standard InChI is InChI=1S/C16H12Cl2N2O4/c17-7-15(16(21)22)24-14-6-11(5-13(18)12(14)8-19)23-9-10-1-3-20-4-2-10/h1-6,15H,7,9H2,(H,21,22). The first-order chi connectivity index (χ1) is 11.5. The summed E-state index contributed by atoms with van der Waals surface area (Å²) in [6.45, 7) is 0.252. The molecule has 0 spiro atoms. The molecule has 8 heteroatoms. The molecule has 0 radical (unpaired) electrons. The number of halogens is 2. The molecule has 1 aromatic heterocycles. The summed E-state index contributed by atoms with van der Waals surface area (Å²) in [5.74, 6) is -1.18. The van der Waals surface area contributed by atoms with Gasteiger partial charge in [0.2, 0.25) is 6.10 Å². The van der Waals surface area contributed by atoms with E-state index in [-0.39, 0.29) is 28.8 Å². The predicted molar refractivity (Wildman–Crippen MR) is 87.5 cm³/mol. The summed E-state index contributed by atoms with van der Waals surface area (Å²) in [4.78, 5) is 15.0. The molecule has 0 amide bonds. The number of pyridine rings is 1. The molecular formula is C16H12Cl2N2O4. The van der Waals surface area contributed by atoms with E-state index in [2.05, 4.69) is 4.98 Å². The molecule has 0 fully saturated rings. The van der Waals surface area contributed by atoms with Gasteiger partial charge in [-0.3, -0.25) is 4.98 Å². The fourth-order valence-corrected chi connectivity index (χ4v) is 2.23. The summed E-state index contributed by atoms with van der Waals surface area (Å²) in [6, 6.07) is 8.33.